The van der Waals surface area contributed by atoms with Crippen molar-refractivity contribution in [3.05, 3.63) is 6.33 Å². The van der Waals surface area contributed by atoms with Crippen LogP contribution in [0, 0.1) is 5.92 Å². The molecule has 2 fully saturated rings. The zero-order valence-electron chi connectivity index (χ0n) is 11.7. The fourth-order valence-corrected chi connectivity index (χ4v) is 2.42. The van der Waals surface area contributed by atoms with Crippen molar-refractivity contribution in [2.75, 3.05) is 30.4 Å². The Morgan fingerprint density at radius 3 is 2.68 bits per heavy atom. The van der Waals surface area contributed by atoms with E-state index in [1.54, 1.807) is 13.4 Å². The minimum absolute atomic E-state index is 0.652. The molecule has 1 N–H and O–H groups in total. The largest absolute Gasteiger partial charge is 0.490 e. The second kappa shape index (κ2) is 5.23. The Labute approximate surface area is 114 Å². The van der Waals surface area contributed by atoms with Gasteiger partial charge >= 0.3 is 0 Å². The summed E-state index contributed by atoms with van der Waals surface area (Å²) in [6.07, 6.45) is 6.90. The van der Waals surface area contributed by atoms with Crippen LogP contribution in [0.1, 0.15) is 32.6 Å². The number of methoxy groups -OCH3 is 1. The second-order valence-electron chi connectivity index (χ2n) is 5.44. The predicted molar refractivity (Wildman–Crippen MR) is 75.8 cm³/mol. The third kappa shape index (κ3) is 2.74. The molecule has 5 nitrogen and oxygen atoms in total. The molecule has 1 heterocycles. The molecular weight excluding hydrogens is 240 g/mol. The molecule has 3 rings (SSSR count). The molecule has 19 heavy (non-hydrogen) atoms. The molecule has 1 aromatic rings. The summed E-state index contributed by atoms with van der Waals surface area (Å²) in [5.74, 6) is 3.40. The van der Waals surface area contributed by atoms with Gasteiger partial charge in [0.1, 0.15) is 6.33 Å². The Morgan fingerprint density at radius 1 is 1.32 bits per heavy atom. The Morgan fingerprint density at radius 2 is 2.11 bits per heavy atom. The Bertz CT molecular complexity index is 443. The van der Waals surface area contributed by atoms with Crippen molar-refractivity contribution < 1.29 is 4.74 Å². The standard InChI is InChI=1S/C14H22N4O/c1-3-15-13-12(19-2)14(17-9-16-13)18(11-6-7-11)8-10-4-5-10/h9-11H,3-8H2,1-2H3,(H,15,16,17). The summed E-state index contributed by atoms with van der Waals surface area (Å²) in [6, 6.07) is 0.652. The monoisotopic (exact) mass is 262 g/mol. The third-order valence-electron chi connectivity index (χ3n) is 3.74. The van der Waals surface area contributed by atoms with Crippen LogP contribution in [0.25, 0.3) is 0 Å². The molecule has 0 saturated heterocycles. The molecule has 0 atom stereocenters. The Hall–Kier alpha value is -1.52. The summed E-state index contributed by atoms with van der Waals surface area (Å²) in [5, 5.41) is 3.25. The average Bonchev–Trinajstić information content (AvgIpc) is 3.28. The quantitative estimate of drug-likeness (QED) is 0.817. The summed E-state index contributed by atoms with van der Waals surface area (Å²) >= 11 is 0. The molecule has 0 spiro atoms. The van der Waals surface area contributed by atoms with Gasteiger partial charge in [0.15, 0.2) is 11.6 Å². The number of aromatic nitrogens is 2. The van der Waals surface area contributed by atoms with Gasteiger partial charge in [-0.1, -0.05) is 0 Å². The van der Waals surface area contributed by atoms with Gasteiger partial charge in [-0.25, -0.2) is 9.97 Å². The highest BCUT2D eigenvalue weighted by atomic mass is 16.5. The van der Waals surface area contributed by atoms with Crippen LogP contribution in [0.3, 0.4) is 0 Å². The highest BCUT2D eigenvalue weighted by Gasteiger charge is 2.36. The van der Waals surface area contributed by atoms with Crippen LogP contribution in [-0.4, -0.2) is 36.2 Å². The molecule has 1 aromatic heterocycles. The maximum absolute atomic E-state index is 5.56. The van der Waals surface area contributed by atoms with E-state index in [0.29, 0.717) is 6.04 Å². The van der Waals surface area contributed by atoms with Crippen LogP contribution in [0.15, 0.2) is 6.33 Å². The Balaban J connectivity index is 1.89. The molecule has 5 heteroatoms. The fraction of sp³-hybridized carbons (Fsp3) is 0.714. The van der Waals surface area contributed by atoms with Gasteiger partial charge in [0.05, 0.1) is 7.11 Å². The normalized spacial score (nSPS) is 18.2. The first kappa shape index (κ1) is 12.5. The highest BCUT2D eigenvalue weighted by Crippen LogP contribution is 2.41. The van der Waals surface area contributed by atoms with Crippen molar-refractivity contribution in [2.45, 2.75) is 38.6 Å². The number of hydrogen-bond donors (Lipinski definition) is 1. The van der Waals surface area contributed by atoms with Crippen molar-refractivity contribution in [3.8, 4) is 5.75 Å². The number of rotatable bonds is 7. The van der Waals surface area contributed by atoms with Gasteiger partial charge in [0.2, 0.25) is 5.75 Å². The second-order valence-corrected chi connectivity index (χ2v) is 5.44. The third-order valence-corrected chi connectivity index (χ3v) is 3.74. The van der Waals surface area contributed by atoms with Crippen molar-refractivity contribution in [2.24, 2.45) is 5.92 Å². The molecule has 2 saturated carbocycles. The van der Waals surface area contributed by atoms with Crippen LogP contribution < -0.4 is 15.0 Å². The van der Waals surface area contributed by atoms with E-state index in [4.69, 9.17) is 4.74 Å². The molecular formula is C14H22N4O. The smallest absolute Gasteiger partial charge is 0.204 e. The van der Waals surface area contributed by atoms with E-state index in [0.717, 1.165) is 36.4 Å². The van der Waals surface area contributed by atoms with E-state index in [9.17, 15) is 0 Å². The van der Waals surface area contributed by atoms with E-state index in [1.165, 1.54) is 25.7 Å². The van der Waals surface area contributed by atoms with Crippen LogP contribution in [0.4, 0.5) is 11.6 Å². The maximum Gasteiger partial charge on any atom is 0.204 e. The lowest BCUT2D eigenvalue weighted by atomic mass is 10.3. The van der Waals surface area contributed by atoms with Crippen molar-refractivity contribution in [1.29, 1.82) is 0 Å². The summed E-state index contributed by atoms with van der Waals surface area (Å²) in [7, 11) is 1.70. The van der Waals surface area contributed by atoms with Crippen molar-refractivity contribution >= 4 is 11.6 Å². The first-order valence-corrected chi connectivity index (χ1v) is 7.23. The molecule has 2 aliphatic rings. The maximum atomic E-state index is 5.56. The number of anilines is 2. The summed E-state index contributed by atoms with van der Waals surface area (Å²) in [4.78, 5) is 11.2. The van der Waals surface area contributed by atoms with E-state index in [2.05, 4.69) is 27.1 Å². The van der Waals surface area contributed by atoms with Gasteiger partial charge < -0.3 is 15.0 Å². The van der Waals surface area contributed by atoms with E-state index in [-0.39, 0.29) is 0 Å². The molecule has 0 unspecified atom stereocenters. The zero-order chi connectivity index (χ0) is 13.2. The Kier molecular flexibility index (Phi) is 3.44. The van der Waals surface area contributed by atoms with E-state index >= 15 is 0 Å². The molecule has 0 amide bonds. The van der Waals surface area contributed by atoms with E-state index in [1.807, 2.05) is 0 Å². The lowest BCUT2D eigenvalue weighted by Gasteiger charge is -2.25. The van der Waals surface area contributed by atoms with Gasteiger partial charge in [-0.15, -0.1) is 0 Å². The molecule has 104 valence electrons. The van der Waals surface area contributed by atoms with Gasteiger partial charge in [-0.3, -0.25) is 0 Å². The van der Waals surface area contributed by atoms with Gasteiger partial charge in [0, 0.05) is 19.1 Å². The summed E-state index contributed by atoms with van der Waals surface area (Å²) < 4.78 is 5.56. The molecule has 2 aliphatic carbocycles. The van der Waals surface area contributed by atoms with Crippen LogP contribution >= 0.6 is 0 Å². The van der Waals surface area contributed by atoms with E-state index < -0.39 is 0 Å². The molecule has 0 radical (unpaired) electrons. The number of ether oxygens (including phenoxy) is 1. The number of nitrogens with zero attached hydrogens (tertiary/aromatic N) is 3. The fourth-order valence-electron chi connectivity index (χ4n) is 2.42. The number of hydrogen-bond acceptors (Lipinski definition) is 5. The first-order valence-electron chi connectivity index (χ1n) is 7.23. The summed E-state index contributed by atoms with van der Waals surface area (Å²) in [6.45, 7) is 4.01. The molecule has 0 aromatic carbocycles. The number of nitrogens with one attached hydrogen (secondary N) is 1. The van der Waals surface area contributed by atoms with Gasteiger partial charge in [-0.2, -0.15) is 0 Å². The van der Waals surface area contributed by atoms with Crippen LogP contribution in [0.5, 0.6) is 5.75 Å². The lowest BCUT2D eigenvalue weighted by molar-refractivity contribution is 0.411. The van der Waals surface area contributed by atoms with Crippen LogP contribution in [0.2, 0.25) is 0 Å². The molecule has 0 aliphatic heterocycles. The van der Waals surface area contributed by atoms with Crippen LogP contribution in [-0.2, 0) is 0 Å². The zero-order valence-corrected chi connectivity index (χ0v) is 11.7. The lowest BCUT2D eigenvalue weighted by Crippen LogP contribution is -2.29. The highest BCUT2D eigenvalue weighted by molar-refractivity contribution is 5.65. The minimum Gasteiger partial charge on any atom is -0.490 e. The topological polar surface area (TPSA) is 50.3 Å². The predicted octanol–water partition coefficient (Wildman–Crippen LogP) is 2.30. The molecule has 0 bridgehead atoms. The average molecular weight is 262 g/mol. The first-order chi connectivity index (χ1) is 9.33. The minimum atomic E-state index is 0.652. The SMILES string of the molecule is CCNc1ncnc(N(CC2CC2)C2CC2)c1OC. The van der Waals surface area contributed by atoms with Gasteiger partial charge in [0.25, 0.3) is 0 Å². The van der Waals surface area contributed by atoms with Crippen molar-refractivity contribution in [3.63, 3.8) is 0 Å². The van der Waals surface area contributed by atoms with Gasteiger partial charge in [-0.05, 0) is 38.5 Å². The summed E-state index contributed by atoms with van der Waals surface area (Å²) in [5.41, 5.74) is 0. The van der Waals surface area contributed by atoms with Crippen molar-refractivity contribution in [1.82, 2.24) is 9.97 Å².